The molecule has 0 bridgehead atoms. The Morgan fingerprint density at radius 3 is 2.15 bits per heavy atom. The van der Waals surface area contributed by atoms with Crippen LogP contribution < -0.4 is 10.2 Å². The highest BCUT2D eigenvalue weighted by Gasteiger charge is 2.69. The van der Waals surface area contributed by atoms with Gasteiger partial charge in [0.25, 0.3) is 0 Å². The van der Waals surface area contributed by atoms with E-state index in [1.807, 2.05) is 0 Å². The van der Waals surface area contributed by atoms with Gasteiger partial charge in [-0.2, -0.15) is 0 Å². The minimum Gasteiger partial charge on any atom is -0.467 e. The van der Waals surface area contributed by atoms with Gasteiger partial charge in [-0.3, -0.25) is 14.9 Å². The molecule has 2 amide bonds. The highest BCUT2D eigenvalue weighted by molar-refractivity contribution is 6.24. The standard InChI is InChI=1S/C26H21FN2O4/c1-33-25(32)26(16-10-4-2-5-11-16)21-20(22(28-26)18-14-8-9-15-19(18)27)23(30)29(24(21)31)17-12-6-3-7-13-17/h2-15,20-22,28H,1H3/t20-,21+,22-,26+/m0/s1. The summed E-state index contributed by atoms with van der Waals surface area (Å²) in [5.41, 5.74) is -0.572. The molecule has 2 saturated heterocycles. The highest BCUT2D eigenvalue weighted by Crippen LogP contribution is 2.54. The molecule has 2 aliphatic rings. The van der Waals surface area contributed by atoms with E-state index >= 15 is 0 Å². The topological polar surface area (TPSA) is 75.7 Å². The lowest BCUT2D eigenvalue weighted by molar-refractivity contribution is -0.152. The number of imide groups is 1. The first-order chi connectivity index (χ1) is 16.0. The summed E-state index contributed by atoms with van der Waals surface area (Å²) in [5, 5.41) is 3.18. The number of hydrogen-bond acceptors (Lipinski definition) is 5. The number of carbonyl (C=O) groups excluding carboxylic acids is 3. The number of benzene rings is 3. The molecule has 0 saturated carbocycles. The van der Waals surface area contributed by atoms with Crippen LogP contribution in [0.3, 0.4) is 0 Å². The van der Waals surface area contributed by atoms with Crippen LogP contribution in [0.15, 0.2) is 84.9 Å². The molecule has 33 heavy (non-hydrogen) atoms. The molecule has 2 heterocycles. The molecule has 166 valence electrons. The van der Waals surface area contributed by atoms with Crippen molar-refractivity contribution in [3.8, 4) is 0 Å². The Morgan fingerprint density at radius 1 is 0.909 bits per heavy atom. The summed E-state index contributed by atoms with van der Waals surface area (Å²) in [4.78, 5) is 42.0. The van der Waals surface area contributed by atoms with Crippen LogP contribution in [0.4, 0.5) is 10.1 Å². The van der Waals surface area contributed by atoms with E-state index in [4.69, 9.17) is 4.74 Å². The van der Waals surface area contributed by atoms with Crippen LogP contribution in [0.1, 0.15) is 17.2 Å². The van der Waals surface area contributed by atoms with Crippen LogP contribution in [0.25, 0.3) is 0 Å². The monoisotopic (exact) mass is 444 g/mol. The fourth-order valence-corrected chi connectivity index (χ4v) is 5.17. The number of para-hydroxylation sites is 1. The van der Waals surface area contributed by atoms with Gasteiger partial charge in [0.2, 0.25) is 11.8 Å². The van der Waals surface area contributed by atoms with Gasteiger partial charge in [-0.1, -0.05) is 66.7 Å². The summed E-state index contributed by atoms with van der Waals surface area (Å²) in [7, 11) is 1.23. The molecule has 7 heteroatoms. The van der Waals surface area contributed by atoms with Gasteiger partial charge in [0.1, 0.15) is 5.82 Å². The second-order valence-electron chi connectivity index (χ2n) is 8.16. The first-order valence-electron chi connectivity index (χ1n) is 10.6. The molecule has 5 rings (SSSR count). The number of nitrogens with zero attached hydrogens (tertiary/aromatic N) is 1. The molecule has 2 aliphatic heterocycles. The Hall–Kier alpha value is -3.84. The fourth-order valence-electron chi connectivity index (χ4n) is 5.17. The molecule has 0 aliphatic carbocycles. The highest BCUT2D eigenvalue weighted by atomic mass is 19.1. The molecule has 2 fully saturated rings. The number of ether oxygens (including phenoxy) is 1. The van der Waals surface area contributed by atoms with Crippen molar-refractivity contribution in [2.45, 2.75) is 11.6 Å². The van der Waals surface area contributed by atoms with Crippen LogP contribution in [-0.2, 0) is 24.7 Å². The summed E-state index contributed by atoms with van der Waals surface area (Å²) in [6, 6.07) is 22.4. The number of fused-ring (bicyclic) bond motifs is 1. The third kappa shape index (κ3) is 3.00. The van der Waals surface area contributed by atoms with Gasteiger partial charge in [0, 0.05) is 11.6 Å². The number of hydrogen-bond donors (Lipinski definition) is 1. The summed E-state index contributed by atoms with van der Waals surface area (Å²) in [5.74, 6) is -4.38. The molecule has 1 N–H and O–H groups in total. The normalized spacial score (nSPS) is 26.4. The molecule has 3 aromatic carbocycles. The van der Waals surface area contributed by atoms with E-state index in [9.17, 15) is 18.8 Å². The van der Waals surface area contributed by atoms with Gasteiger partial charge in [0.05, 0.1) is 24.6 Å². The SMILES string of the molecule is COC(=O)[C@]1(c2ccccc2)N[C@@H](c2ccccc2F)[C@H]2C(=O)N(c3ccccc3)C(=O)[C@@H]21. The van der Waals surface area contributed by atoms with Crippen LogP contribution in [0, 0.1) is 17.7 Å². The number of amides is 2. The summed E-state index contributed by atoms with van der Waals surface area (Å²) < 4.78 is 20.1. The Labute approximate surface area is 190 Å². The Morgan fingerprint density at radius 2 is 1.52 bits per heavy atom. The molecular formula is C26H21FN2O4. The van der Waals surface area contributed by atoms with E-state index in [-0.39, 0.29) is 5.56 Å². The third-order valence-electron chi connectivity index (χ3n) is 6.55. The first-order valence-corrected chi connectivity index (χ1v) is 10.6. The maximum Gasteiger partial charge on any atom is 0.331 e. The summed E-state index contributed by atoms with van der Waals surface area (Å²) >= 11 is 0. The van der Waals surface area contributed by atoms with Gasteiger partial charge in [0.15, 0.2) is 5.54 Å². The van der Waals surface area contributed by atoms with E-state index in [1.54, 1.807) is 78.9 Å². The molecule has 6 nitrogen and oxygen atoms in total. The molecule has 4 atom stereocenters. The zero-order valence-electron chi connectivity index (χ0n) is 17.8. The lowest BCUT2D eigenvalue weighted by atomic mass is 9.75. The van der Waals surface area contributed by atoms with Crippen molar-refractivity contribution in [1.29, 1.82) is 0 Å². The van der Waals surface area contributed by atoms with Crippen molar-refractivity contribution in [3.05, 3.63) is 102 Å². The smallest absolute Gasteiger partial charge is 0.331 e. The van der Waals surface area contributed by atoms with Gasteiger partial charge in [-0.05, 0) is 23.8 Å². The van der Waals surface area contributed by atoms with Crippen molar-refractivity contribution >= 4 is 23.5 Å². The predicted molar refractivity (Wildman–Crippen MR) is 118 cm³/mol. The van der Waals surface area contributed by atoms with Crippen LogP contribution in [-0.4, -0.2) is 24.9 Å². The van der Waals surface area contributed by atoms with Crippen molar-refractivity contribution in [2.75, 3.05) is 12.0 Å². The van der Waals surface area contributed by atoms with Gasteiger partial charge in [-0.25, -0.2) is 14.1 Å². The lowest BCUT2D eigenvalue weighted by Gasteiger charge is -2.33. The van der Waals surface area contributed by atoms with E-state index in [2.05, 4.69) is 5.32 Å². The van der Waals surface area contributed by atoms with Crippen LogP contribution in [0.2, 0.25) is 0 Å². The van der Waals surface area contributed by atoms with Crippen LogP contribution >= 0.6 is 0 Å². The minimum atomic E-state index is -1.66. The number of methoxy groups -OCH3 is 1. The average molecular weight is 444 g/mol. The first kappa shape index (κ1) is 21.0. The summed E-state index contributed by atoms with van der Waals surface area (Å²) in [6.45, 7) is 0. The van der Waals surface area contributed by atoms with Gasteiger partial charge >= 0.3 is 5.97 Å². The number of carbonyl (C=O) groups is 3. The molecule has 0 radical (unpaired) electrons. The molecule has 3 aromatic rings. The Kier molecular flexibility index (Phi) is 5.06. The van der Waals surface area contributed by atoms with Crippen molar-refractivity contribution < 1.29 is 23.5 Å². The van der Waals surface area contributed by atoms with Crippen molar-refractivity contribution in [3.63, 3.8) is 0 Å². The molecular weight excluding hydrogens is 423 g/mol. The zero-order valence-corrected chi connectivity index (χ0v) is 17.8. The Balaban J connectivity index is 1.75. The molecule has 0 aromatic heterocycles. The maximum absolute atomic E-state index is 14.9. The molecule has 0 unspecified atom stereocenters. The number of esters is 1. The second-order valence-corrected chi connectivity index (χ2v) is 8.16. The van der Waals surface area contributed by atoms with Gasteiger partial charge in [-0.15, -0.1) is 0 Å². The fraction of sp³-hybridized carbons (Fsp3) is 0.192. The third-order valence-corrected chi connectivity index (χ3v) is 6.55. The number of rotatable bonds is 4. The summed E-state index contributed by atoms with van der Waals surface area (Å²) in [6.07, 6.45) is 0. The van der Waals surface area contributed by atoms with E-state index < -0.39 is 47.0 Å². The number of anilines is 1. The number of halogens is 1. The van der Waals surface area contributed by atoms with E-state index in [0.29, 0.717) is 11.3 Å². The number of nitrogens with one attached hydrogen (secondary N) is 1. The average Bonchev–Trinajstić information content (AvgIpc) is 3.34. The second kappa shape index (κ2) is 7.94. The van der Waals surface area contributed by atoms with Gasteiger partial charge < -0.3 is 4.74 Å². The minimum absolute atomic E-state index is 0.213. The van der Waals surface area contributed by atoms with Crippen molar-refractivity contribution in [2.24, 2.45) is 11.8 Å². The van der Waals surface area contributed by atoms with Crippen LogP contribution in [0.5, 0.6) is 0 Å². The predicted octanol–water partition coefficient (Wildman–Crippen LogP) is 3.34. The van der Waals surface area contributed by atoms with E-state index in [1.165, 1.54) is 13.2 Å². The van der Waals surface area contributed by atoms with Crippen molar-refractivity contribution in [1.82, 2.24) is 5.32 Å². The Bertz CT molecular complexity index is 1230. The maximum atomic E-state index is 14.9. The largest absolute Gasteiger partial charge is 0.467 e. The zero-order chi connectivity index (χ0) is 23.2. The van der Waals surface area contributed by atoms with E-state index in [0.717, 1.165) is 4.90 Å². The lowest BCUT2D eigenvalue weighted by Crippen LogP contribution is -2.53. The quantitative estimate of drug-likeness (QED) is 0.494. The molecule has 0 spiro atoms.